The number of anilines is 3. The molecular formula is C61H61ClF4N8O7. The number of aryl methyl sites for hydroxylation is 1. The molecule has 0 spiro atoms. The van der Waals surface area contributed by atoms with Crippen molar-refractivity contribution < 1.29 is 50.7 Å². The lowest BCUT2D eigenvalue weighted by molar-refractivity contribution is -0.137. The third kappa shape index (κ3) is 12.5. The summed E-state index contributed by atoms with van der Waals surface area (Å²) >= 11 is 7.42. The van der Waals surface area contributed by atoms with Crippen molar-refractivity contribution in [3.8, 4) is 46.0 Å². The van der Waals surface area contributed by atoms with E-state index in [2.05, 4.69) is 5.32 Å². The first-order valence-corrected chi connectivity index (χ1v) is 26.7. The maximum absolute atomic E-state index is 18.6. The van der Waals surface area contributed by atoms with Gasteiger partial charge in [-0.25, -0.2) is 14.4 Å². The van der Waals surface area contributed by atoms with Gasteiger partial charge in [0.05, 0.1) is 87.5 Å². The number of benzene rings is 5. The molecule has 3 aromatic heterocycles. The van der Waals surface area contributed by atoms with E-state index < -0.39 is 39.9 Å². The maximum Gasteiger partial charge on any atom is 0.418 e. The minimum absolute atomic E-state index is 0.0216. The number of aromatic nitrogens is 4. The van der Waals surface area contributed by atoms with Gasteiger partial charge < -0.3 is 53.2 Å². The number of nitrogens with one attached hydrogen (secondary N) is 1. The first kappa shape index (κ1) is 56.2. The molecule has 81 heavy (non-hydrogen) atoms. The van der Waals surface area contributed by atoms with Crippen molar-refractivity contribution in [3.63, 3.8) is 0 Å². The summed E-state index contributed by atoms with van der Waals surface area (Å²) in [5.74, 6) is 2.28. The second-order valence-corrected chi connectivity index (χ2v) is 20.1. The summed E-state index contributed by atoms with van der Waals surface area (Å²) in [7, 11) is 8.29. The SMILES string of the molecule is COc1ccc(C[C@H](c2cccnc2N(C)Cc2ccc(OC)cc2)N2CCOc3c(Cl)c(-c4nc(N(Cc5ccc(OC)cc5)Cc5ccc(OC)cc5)cc(C)c4C(F)(F)F)c(F)c4nc(OC[C@@H]5COCCN5)nc2c34)cc1. The highest BCUT2D eigenvalue weighted by Crippen LogP contribution is 2.52. The summed E-state index contributed by atoms with van der Waals surface area (Å²) in [6.07, 6.45) is -2.95. The molecule has 5 aromatic carbocycles. The molecule has 0 unspecified atom stereocenters. The standard InChI is InChI=1S/C61H61ClF4N8O7/c1-37-30-49(73(33-40-13-21-45(77-5)22-14-40)34-41-15-23-46(78-6)24-16-41)69-55(52(37)61(64,65)66)50-53(62)57-51-56(54(50)63)70-60(81-36-42-35-79-28-26-67-42)71-59(51)74(27-29-80-57)48(31-38-9-17-43(75-3)18-10-38)47-8-7-25-68-58(47)72(2)32-39-11-19-44(76-4)20-12-39/h7-25,30,42,48,67H,26-29,31-36H2,1-6H3/t42-,48+/m0/s1. The van der Waals surface area contributed by atoms with E-state index >= 15 is 17.6 Å². The second kappa shape index (κ2) is 24.7. The quantitative estimate of drug-likeness (QED) is 0.0724. The number of ether oxygens (including phenoxy) is 7. The molecule has 2 aliphatic heterocycles. The first-order chi connectivity index (χ1) is 39.2. The molecule has 1 fully saturated rings. The van der Waals surface area contributed by atoms with E-state index in [1.165, 1.54) is 13.0 Å². The molecule has 5 heterocycles. The zero-order chi connectivity index (χ0) is 56.8. The van der Waals surface area contributed by atoms with E-state index in [1.807, 2.05) is 107 Å². The van der Waals surface area contributed by atoms with Crippen LogP contribution >= 0.6 is 11.6 Å². The number of hydrogen-bond acceptors (Lipinski definition) is 15. The Bertz CT molecular complexity index is 3420. The van der Waals surface area contributed by atoms with E-state index in [0.29, 0.717) is 55.8 Å². The van der Waals surface area contributed by atoms with Crippen molar-refractivity contribution in [1.29, 1.82) is 0 Å². The minimum Gasteiger partial charge on any atom is -0.497 e. The van der Waals surface area contributed by atoms with Crippen LogP contribution in [0.5, 0.6) is 34.8 Å². The summed E-state index contributed by atoms with van der Waals surface area (Å²) in [6.45, 7) is 3.68. The zero-order valence-corrected chi connectivity index (χ0v) is 46.4. The third-order valence-corrected chi connectivity index (χ3v) is 14.8. The fourth-order valence-electron chi connectivity index (χ4n) is 10.3. The molecule has 20 heteroatoms. The van der Waals surface area contributed by atoms with Crippen molar-refractivity contribution >= 4 is 40.0 Å². The normalized spacial score (nSPS) is 14.7. The smallest absolute Gasteiger partial charge is 0.418 e. The van der Waals surface area contributed by atoms with Gasteiger partial charge in [0.2, 0.25) is 0 Å². The number of morpholine rings is 1. The van der Waals surface area contributed by atoms with Crippen LogP contribution in [0.2, 0.25) is 5.02 Å². The Labute approximate surface area is 472 Å². The van der Waals surface area contributed by atoms with Gasteiger partial charge in [-0.3, -0.25) is 0 Å². The van der Waals surface area contributed by atoms with E-state index in [-0.39, 0.29) is 78.8 Å². The predicted octanol–water partition coefficient (Wildman–Crippen LogP) is 11.6. The predicted molar refractivity (Wildman–Crippen MR) is 303 cm³/mol. The van der Waals surface area contributed by atoms with Gasteiger partial charge >= 0.3 is 12.2 Å². The molecule has 422 valence electrons. The van der Waals surface area contributed by atoms with Gasteiger partial charge in [-0.05, 0) is 102 Å². The van der Waals surface area contributed by atoms with Crippen molar-refractivity contribution in [1.82, 2.24) is 25.3 Å². The molecule has 2 aliphatic rings. The summed E-state index contributed by atoms with van der Waals surface area (Å²) in [6, 6.07) is 34.2. The van der Waals surface area contributed by atoms with Gasteiger partial charge in [-0.2, -0.15) is 23.1 Å². The van der Waals surface area contributed by atoms with Gasteiger partial charge in [-0.15, -0.1) is 0 Å². The van der Waals surface area contributed by atoms with E-state index in [0.717, 1.165) is 33.6 Å². The lowest BCUT2D eigenvalue weighted by Crippen LogP contribution is -2.45. The first-order valence-electron chi connectivity index (χ1n) is 26.3. The van der Waals surface area contributed by atoms with E-state index in [1.54, 1.807) is 58.9 Å². The molecule has 0 radical (unpaired) electrons. The number of hydrogen-bond donors (Lipinski definition) is 1. The maximum atomic E-state index is 18.6. The van der Waals surface area contributed by atoms with Crippen LogP contribution in [0.3, 0.4) is 0 Å². The fraction of sp³-hybridized carbons (Fsp3) is 0.311. The molecule has 1 N–H and O–H groups in total. The molecule has 10 rings (SSSR count). The van der Waals surface area contributed by atoms with E-state index in [4.69, 9.17) is 64.7 Å². The lowest BCUT2D eigenvalue weighted by Gasteiger charge is -2.35. The fourth-order valence-corrected chi connectivity index (χ4v) is 10.6. The van der Waals surface area contributed by atoms with Gasteiger partial charge in [0.1, 0.15) is 59.2 Å². The number of methoxy groups -OCH3 is 4. The Hall–Kier alpha value is -8.13. The van der Waals surface area contributed by atoms with Crippen LogP contribution in [-0.4, -0.2) is 101 Å². The van der Waals surface area contributed by atoms with Crippen LogP contribution in [0.25, 0.3) is 22.2 Å². The van der Waals surface area contributed by atoms with Crippen LogP contribution in [-0.2, 0) is 37.0 Å². The Balaban J connectivity index is 1.17. The molecule has 0 bridgehead atoms. The third-order valence-electron chi connectivity index (χ3n) is 14.4. The Morgan fingerprint density at radius 3 is 1.90 bits per heavy atom. The average molecular weight is 1130 g/mol. The molecule has 15 nitrogen and oxygen atoms in total. The number of halogens is 5. The van der Waals surface area contributed by atoms with Crippen LogP contribution in [0.15, 0.2) is 121 Å². The highest BCUT2D eigenvalue weighted by atomic mass is 35.5. The molecule has 0 aliphatic carbocycles. The monoisotopic (exact) mass is 1130 g/mol. The number of pyridine rings is 2. The van der Waals surface area contributed by atoms with E-state index in [9.17, 15) is 0 Å². The van der Waals surface area contributed by atoms with Gasteiger partial charge in [0, 0.05) is 45.0 Å². The van der Waals surface area contributed by atoms with Crippen molar-refractivity contribution in [2.75, 3.05) is 89.7 Å². The van der Waals surface area contributed by atoms with Gasteiger partial charge in [0.25, 0.3) is 0 Å². The van der Waals surface area contributed by atoms with Crippen LogP contribution < -0.4 is 48.4 Å². The molecule has 8 aromatic rings. The minimum atomic E-state index is -5.03. The highest BCUT2D eigenvalue weighted by molar-refractivity contribution is 6.36. The number of alkyl halides is 3. The van der Waals surface area contributed by atoms with Crippen molar-refractivity contribution in [2.45, 2.75) is 51.2 Å². The molecular weight excluding hydrogens is 1070 g/mol. The molecule has 1 saturated heterocycles. The molecule has 0 saturated carbocycles. The summed E-state index contributed by atoms with van der Waals surface area (Å²) in [5.41, 5.74) is 1.12. The van der Waals surface area contributed by atoms with Crippen molar-refractivity contribution in [3.05, 3.63) is 171 Å². The largest absolute Gasteiger partial charge is 0.497 e. The van der Waals surface area contributed by atoms with Crippen molar-refractivity contribution in [2.24, 2.45) is 0 Å². The highest BCUT2D eigenvalue weighted by Gasteiger charge is 2.41. The second-order valence-electron chi connectivity index (χ2n) is 19.7. The Morgan fingerprint density at radius 1 is 0.765 bits per heavy atom. The summed E-state index contributed by atoms with van der Waals surface area (Å²) in [5, 5.41) is 2.95. The van der Waals surface area contributed by atoms with Gasteiger partial charge in [-0.1, -0.05) is 66.2 Å². The lowest BCUT2D eigenvalue weighted by atomic mass is 9.96. The average Bonchev–Trinajstić information content (AvgIpc) is 3.58. The topological polar surface area (TPSA) is 138 Å². The van der Waals surface area contributed by atoms with Crippen LogP contribution in [0, 0.1) is 12.7 Å². The Kier molecular flexibility index (Phi) is 17.1. The summed E-state index contributed by atoms with van der Waals surface area (Å²) in [4.78, 5) is 25.3. The zero-order valence-electron chi connectivity index (χ0n) is 45.7. The van der Waals surface area contributed by atoms with Gasteiger partial charge in [0.15, 0.2) is 11.6 Å². The summed E-state index contributed by atoms with van der Waals surface area (Å²) < 4.78 is 106. The molecule has 0 amide bonds. The van der Waals surface area contributed by atoms with Crippen LogP contribution in [0.1, 0.15) is 45.0 Å². The molecule has 2 atom stereocenters. The number of rotatable bonds is 20. The van der Waals surface area contributed by atoms with Crippen LogP contribution in [0.4, 0.5) is 35.0 Å². The Morgan fingerprint density at radius 2 is 1.35 bits per heavy atom. The number of nitrogens with zero attached hydrogens (tertiary/aromatic N) is 7.